The van der Waals surface area contributed by atoms with E-state index in [-0.39, 0.29) is 0 Å². The molecule has 0 amide bonds. The minimum atomic E-state index is -0.507. The van der Waals surface area contributed by atoms with Gasteiger partial charge in [-0.05, 0) is 62.1 Å². The molecule has 0 saturated heterocycles. The molecule has 0 fully saturated rings. The maximum absolute atomic E-state index is 9.72. The molecule has 1 aromatic heterocycles. The van der Waals surface area contributed by atoms with Gasteiger partial charge in [0.15, 0.2) is 0 Å². The van der Waals surface area contributed by atoms with Gasteiger partial charge in [0.05, 0.1) is 18.0 Å². The van der Waals surface area contributed by atoms with Crippen LogP contribution in [0.2, 0.25) is 0 Å². The van der Waals surface area contributed by atoms with Crippen LogP contribution in [0.5, 0.6) is 11.5 Å². The third-order valence-corrected chi connectivity index (χ3v) is 3.48. The van der Waals surface area contributed by atoms with Gasteiger partial charge in [0.2, 0.25) is 0 Å². The Morgan fingerprint density at radius 2 is 1.95 bits per heavy atom. The first-order valence-electron chi connectivity index (χ1n) is 6.91. The smallest absolute Gasteiger partial charge is 0.145 e. The molecule has 1 heterocycles. The first-order valence-corrected chi connectivity index (χ1v) is 6.91. The second kappa shape index (κ2) is 6.06. The minimum absolute atomic E-state index is 0.507. The Labute approximate surface area is 120 Å². The van der Waals surface area contributed by atoms with Gasteiger partial charge in [0, 0.05) is 0 Å². The average Bonchev–Trinajstić information content (AvgIpc) is 2.44. The van der Waals surface area contributed by atoms with Gasteiger partial charge < -0.3 is 9.84 Å². The number of aliphatic hydroxyl groups excluding tert-OH is 1. The number of aromatic nitrogens is 1. The summed E-state index contributed by atoms with van der Waals surface area (Å²) < 4.78 is 5.90. The van der Waals surface area contributed by atoms with Crippen LogP contribution >= 0.6 is 0 Å². The molecule has 1 aromatic carbocycles. The fraction of sp³-hybridized carbons (Fsp3) is 0.353. The number of aryl methyl sites for hydroxylation is 2. The Morgan fingerprint density at radius 3 is 2.55 bits per heavy atom. The van der Waals surface area contributed by atoms with Gasteiger partial charge in [-0.15, -0.1) is 0 Å². The Balaban J connectivity index is 2.22. The Kier molecular flexibility index (Phi) is 4.40. The standard InChI is InChI=1S/C17H21NO2/c1-5-16(19)15-7-6-14(10-18-15)20-17-9-11(2)8-12(3)13(17)4/h6-10,16,19H,5H2,1-4H3. The largest absolute Gasteiger partial charge is 0.455 e. The van der Waals surface area contributed by atoms with Gasteiger partial charge in [0.1, 0.15) is 11.5 Å². The van der Waals surface area contributed by atoms with Crippen molar-refractivity contribution < 1.29 is 9.84 Å². The second-order valence-corrected chi connectivity index (χ2v) is 5.15. The summed E-state index contributed by atoms with van der Waals surface area (Å²) in [4.78, 5) is 4.25. The van der Waals surface area contributed by atoms with E-state index in [1.807, 2.05) is 32.0 Å². The van der Waals surface area contributed by atoms with Gasteiger partial charge in [-0.2, -0.15) is 0 Å². The van der Waals surface area contributed by atoms with Crippen LogP contribution < -0.4 is 4.74 Å². The highest BCUT2D eigenvalue weighted by Crippen LogP contribution is 2.28. The Bertz CT molecular complexity index is 591. The lowest BCUT2D eigenvalue weighted by Crippen LogP contribution is -1.99. The normalized spacial score (nSPS) is 12.2. The maximum Gasteiger partial charge on any atom is 0.145 e. The number of nitrogens with zero attached hydrogens (tertiary/aromatic N) is 1. The highest BCUT2D eigenvalue weighted by Gasteiger charge is 2.08. The van der Waals surface area contributed by atoms with E-state index in [0.29, 0.717) is 17.9 Å². The lowest BCUT2D eigenvalue weighted by molar-refractivity contribution is 0.169. The molecule has 0 aliphatic rings. The summed E-state index contributed by atoms with van der Waals surface area (Å²) in [5, 5.41) is 9.72. The van der Waals surface area contributed by atoms with Gasteiger partial charge >= 0.3 is 0 Å². The molecule has 1 unspecified atom stereocenters. The van der Waals surface area contributed by atoms with Crippen LogP contribution in [0.25, 0.3) is 0 Å². The van der Waals surface area contributed by atoms with Crippen molar-refractivity contribution in [2.45, 2.75) is 40.2 Å². The predicted molar refractivity (Wildman–Crippen MR) is 80.2 cm³/mol. The van der Waals surface area contributed by atoms with Crippen LogP contribution in [0.1, 0.15) is 41.8 Å². The van der Waals surface area contributed by atoms with Gasteiger partial charge in [-0.25, -0.2) is 0 Å². The van der Waals surface area contributed by atoms with Crippen molar-refractivity contribution in [2.24, 2.45) is 0 Å². The van der Waals surface area contributed by atoms with E-state index in [4.69, 9.17) is 4.74 Å². The molecule has 0 radical (unpaired) electrons. The van der Waals surface area contributed by atoms with E-state index < -0.39 is 6.10 Å². The summed E-state index contributed by atoms with van der Waals surface area (Å²) in [6.07, 6.45) is 1.81. The van der Waals surface area contributed by atoms with E-state index in [1.165, 1.54) is 11.1 Å². The van der Waals surface area contributed by atoms with Crippen molar-refractivity contribution >= 4 is 0 Å². The zero-order valence-electron chi connectivity index (χ0n) is 12.5. The van der Waals surface area contributed by atoms with E-state index in [2.05, 4.69) is 24.9 Å². The molecule has 0 bridgehead atoms. The van der Waals surface area contributed by atoms with E-state index in [0.717, 1.165) is 11.3 Å². The number of aliphatic hydroxyl groups is 1. The van der Waals surface area contributed by atoms with Crippen LogP contribution in [-0.4, -0.2) is 10.1 Å². The third kappa shape index (κ3) is 3.17. The summed E-state index contributed by atoms with van der Waals surface area (Å²) in [7, 11) is 0. The third-order valence-electron chi connectivity index (χ3n) is 3.48. The number of hydrogen-bond donors (Lipinski definition) is 1. The molecule has 1 atom stereocenters. The van der Waals surface area contributed by atoms with Crippen LogP contribution in [0.15, 0.2) is 30.5 Å². The Hall–Kier alpha value is -1.87. The lowest BCUT2D eigenvalue weighted by Gasteiger charge is -2.13. The molecule has 1 N–H and O–H groups in total. The average molecular weight is 271 g/mol. The van der Waals surface area contributed by atoms with Crippen LogP contribution in [0.3, 0.4) is 0 Å². The van der Waals surface area contributed by atoms with Crippen LogP contribution in [0, 0.1) is 20.8 Å². The van der Waals surface area contributed by atoms with Crippen molar-refractivity contribution in [1.82, 2.24) is 4.98 Å². The topological polar surface area (TPSA) is 42.4 Å². The quantitative estimate of drug-likeness (QED) is 0.904. The molecule has 2 rings (SSSR count). The van der Waals surface area contributed by atoms with E-state index >= 15 is 0 Å². The zero-order chi connectivity index (χ0) is 14.7. The number of ether oxygens (including phenoxy) is 1. The maximum atomic E-state index is 9.72. The van der Waals surface area contributed by atoms with Gasteiger partial charge in [-0.1, -0.05) is 13.0 Å². The van der Waals surface area contributed by atoms with Crippen molar-refractivity contribution in [3.63, 3.8) is 0 Å². The highest BCUT2D eigenvalue weighted by atomic mass is 16.5. The summed E-state index contributed by atoms with van der Waals surface area (Å²) in [6, 6.07) is 7.82. The number of benzene rings is 1. The van der Waals surface area contributed by atoms with Gasteiger partial charge in [-0.3, -0.25) is 4.98 Å². The molecule has 3 heteroatoms. The molecule has 3 nitrogen and oxygen atoms in total. The molecule has 0 spiro atoms. The first kappa shape index (κ1) is 14.5. The molecule has 106 valence electrons. The summed E-state index contributed by atoms with van der Waals surface area (Å²) in [5.74, 6) is 1.54. The molecular formula is C17H21NO2. The number of rotatable bonds is 4. The highest BCUT2D eigenvalue weighted by molar-refractivity contribution is 5.44. The number of hydrogen-bond acceptors (Lipinski definition) is 3. The summed E-state index contributed by atoms with van der Waals surface area (Å²) >= 11 is 0. The van der Waals surface area contributed by atoms with Crippen molar-refractivity contribution in [3.8, 4) is 11.5 Å². The van der Waals surface area contributed by atoms with Crippen molar-refractivity contribution in [3.05, 3.63) is 52.8 Å². The van der Waals surface area contributed by atoms with Crippen LogP contribution in [0.4, 0.5) is 0 Å². The Morgan fingerprint density at radius 1 is 1.20 bits per heavy atom. The fourth-order valence-electron chi connectivity index (χ4n) is 2.09. The second-order valence-electron chi connectivity index (χ2n) is 5.15. The molecule has 0 aliphatic heterocycles. The molecule has 0 aliphatic carbocycles. The van der Waals surface area contributed by atoms with Crippen molar-refractivity contribution in [2.75, 3.05) is 0 Å². The molecule has 20 heavy (non-hydrogen) atoms. The van der Waals surface area contributed by atoms with Crippen molar-refractivity contribution in [1.29, 1.82) is 0 Å². The molecule has 2 aromatic rings. The first-order chi connectivity index (χ1) is 9.51. The predicted octanol–water partition coefficient (Wildman–Crippen LogP) is 4.24. The van der Waals surface area contributed by atoms with Gasteiger partial charge in [0.25, 0.3) is 0 Å². The van der Waals surface area contributed by atoms with E-state index in [1.54, 1.807) is 6.20 Å². The molecule has 0 saturated carbocycles. The lowest BCUT2D eigenvalue weighted by atomic mass is 10.1. The SMILES string of the molecule is CCC(O)c1ccc(Oc2cc(C)cc(C)c2C)cn1. The van der Waals surface area contributed by atoms with Crippen LogP contribution in [-0.2, 0) is 0 Å². The van der Waals surface area contributed by atoms with E-state index in [9.17, 15) is 5.11 Å². The minimum Gasteiger partial charge on any atom is -0.455 e. The monoisotopic (exact) mass is 271 g/mol. The molecular weight excluding hydrogens is 250 g/mol. The fourth-order valence-corrected chi connectivity index (χ4v) is 2.09. The zero-order valence-corrected chi connectivity index (χ0v) is 12.5. The summed E-state index contributed by atoms with van der Waals surface area (Å²) in [6.45, 7) is 8.11. The number of pyridine rings is 1. The summed E-state index contributed by atoms with van der Waals surface area (Å²) in [5.41, 5.74) is 4.20.